The molecule has 8 heterocycles. The van der Waals surface area contributed by atoms with Gasteiger partial charge < -0.3 is 44.7 Å². The van der Waals surface area contributed by atoms with Gasteiger partial charge in [0.15, 0.2) is 17.3 Å². The molecule has 0 radical (unpaired) electrons. The normalized spacial score (nSPS) is 23.9. The number of rotatable bonds is 15. The summed E-state index contributed by atoms with van der Waals surface area (Å²) < 4.78 is 26.9. The highest BCUT2D eigenvalue weighted by Gasteiger charge is 2.53. The number of thiophene rings is 1. The number of nitrogens with two attached hydrogens (primary N) is 1. The summed E-state index contributed by atoms with van der Waals surface area (Å²) in [5.41, 5.74) is 14.5. The molecule has 4 aliphatic carbocycles. The number of hydrogen-bond acceptors (Lipinski definition) is 18. The molecular weight excluding hydrogens is 1060 g/mol. The summed E-state index contributed by atoms with van der Waals surface area (Å²) >= 11 is 3.13. The molecule has 19 nitrogen and oxygen atoms in total. The number of aromatic nitrogens is 7. The second-order valence-corrected chi connectivity index (χ2v) is 27.6. The van der Waals surface area contributed by atoms with Crippen molar-refractivity contribution < 1.29 is 33.4 Å². The highest BCUT2D eigenvalue weighted by atomic mass is 32.1. The molecule has 0 unspecified atom stereocenters. The minimum atomic E-state index is -0.832. The molecule has 6 aromatic rings. The van der Waals surface area contributed by atoms with Gasteiger partial charge in [-0.1, -0.05) is 55.4 Å². The number of piperidine rings is 1. The third-order valence-corrected chi connectivity index (χ3v) is 20.8. The monoisotopic (exact) mass is 1140 g/mol. The fourth-order valence-corrected chi connectivity index (χ4v) is 16.1. The van der Waals surface area contributed by atoms with Gasteiger partial charge in [0.1, 0.15) is 29.3 Å². The molecule has 13 rings (SSSR count). The maximum Gasteiger partial charge on any atom is 0.248 e. The van der Waals surface area contributed by atoms with E-state index in [4.69, 9.17) is 39.6 Å². The zero-order valence-corrected chi connectivity index (χ0v) is 48.5. The topological polar surface area (TPSA) is 246 Å². The van der Waals surface area contributed by atoms with Crippen molar-refractivity contribution in [2.45, 2.75) is 160 Å². The molecule has 2 spiro atoms. The number of fused-ring (bicyclic) bond motifs is 4. The van der Waals surface area contributed by atoms with E-state index >= 15 is 0 Å². The molecule has 2 saturated carbocycles. The Hall–Kier alpha value is -6.31. The summed E-state index contributed by atoms with van der Waals surface area (Å²) in [7, 11) is 0. The number of anilines is 1. The van der Waals surface area contributed by atoms with Crippen LogP contribution in [0.25, 0.3) is 22.0 Å². The van der Waals surface area contributed by atoms with Crippen LogP contribution in [0.1, 0.15) is 161 Å². The second-order valence-electron chi connectivity index (χ2n) is 25.6. The molecule has 3 aliphatic heterocycles. The highest BCUT2D eigenvalue weighted by molar-refractivity contribution is 7.16. The number of likely N-dealkylation sites (tertiary alicyclic amines) is 2. The molecular formula is C60H72N12O7S2. The van der Waals surface area contributed by atoms with Gasteiger partial charge in [0.25, 0.3) is 0 Å². The predicted molar refractivity (Wildman–Crippen MR) is 304 cm³/mol. The van der Waals surface area contributed by atoms with Gasteiger partial charge in [-0.05, 0) is 126 Å². The minimum absolute atomic E-state index is 0.0188. The van der Waals surface area contributed by atoms with E-state index in [-0.39, 0.29) is 53.7 Å². The number of nitrogens with zero attached hydrogens (tertiary/aromatic N) is 10. The van der Waals surface area contributed by atoms with Gasteiger partial charge in [0, 0.05) is 52.9 Å². The number of aliphatic hydroxyl groups is 1. The molecule has 21 heteroatoms. The van der Waals surface area contributed by atoms with E-state index in [9.17, 15) is 20.0 Å². The van der Waals surface area contributed by atoms with Crippen molar-refractivity contribution in [3.63, 3.8) is 0 Å². The summed E-state index contributed by atoms with van der Waals surface area (Å²) in [6.07, 6.45) is 12.3. The number of thiazole rings is 1. The number of aryl methyl sites for hydroxylation is 2. The third kappa shape index (κ3) is 10.1. The van der Waals surface area contributed by atoms with Crippen molar-refractivity contribution in [3.8, 4) is 39.8 Å². The van der Waals surface area contributed by atoms with Crippen molar-refractivity contribution in [3.05, 3.63) is 86.3 Å². The lowest BCUT2D eigenvalue weighted by atomic mass is 9.63. The fourth-order valence-electron chi connectivity index (χ4n) is 14.1. The molecule has 0 bridgehead atoms. The Kier molecular flexibility index (Phi) is 13.9. The SMILES string of the molecule is Cc1ncsc1-c1ccc([C@H](C)NC(=O)[C@@H]2C[C@@H](O)CN2C(=O)[C@@H](n2cc(C3CCN(CC4(COc5cc(OC6CC7(COC7)C6)nc(-c6noc7c6CCC[C@@]76CCCc7sc(N)c(C#N)c76)n5)CC4)CC3)nn2)C(C)(C)C)cc1. The maximum atomic E-state index is 14.7. The lowest BCUT2D eigenvalue weighted by molar-refractivity contribution is -0.191. The van der Waals surface area contributed by atoms with Crippen LogP contribution in [0, 0.1) is 34.5 Å². The molecule has 5 fully saturated rings. The molecule has 5 aromatic heterocycles. The molecule has 2 amide bonds. The first-order valence-corrected chi connectivity index (χ1v) is 30.7. The molecule has 3 saturated heterocycles. The first kappa shape index (κ1) is 54.0. The van der Waals surface area contributed by atoms with Crippen molar-refractivity contribution >= 4 is 39.5 Å². The van der Waals surface area contributed by atoms with E-state index in [1.54, 1.807) is 20.9 Å². The Morgan fingerprint density at radius 3 is 2.49 bits per heavy atom. The Bertz CT molecular complexity index is 3380. The number of ether oxygens (including phenoxy) is 3. The summed E-state index contributed by atoms with van der Waals surface area (Å²) in [5, 5.41) is 38.9. The molecule has 7 aliphatic rings. The molecule has 4 N–H and O–H groups in total. The fraction of sp³-hybridized carbons (Fsp3) is 0.583. The van der Waals surface area contributed by atoms with Crippen LogP contribution in [0.5, 0.6) is 11.8 Å². The zero-order valence-electron chi connectivity index (χ0n) is 46.9. The minimum Gasteiger partial charge on any atom is -0.477 e. The number of nitriles is 1. The zero-order chi connectivity index (χ0) is 56.0. The van der Waals surface area contributed by atoms with Gasteiger partial charge in [-0.15, -0.1) is 27.8 Å². The lowest BCUT2D eigenvalue weighted by Crippen LogP contribution is -2.56. The number of aliphatic hydroxyl groups excluding tert-OH is 1. The van der Waals surface area contributed by atoms with Crippen molar-refractivity contribution in [1.82, 2.24) is 50.2 Å². The van der Waals surface area contributed by atoms with Crippen molar-refractivity contribution in [1.29, 1.82) is 5.26 Å². The largest absolute Gasteiger partial charge is 0.477 e. The summed E-state index contributed by atoms with van der Waals surface area (Å²) in [6.45, 7) is 14.7. The van der Waals surface area contributed by atoms with Crippen LogP contribution in [0.3, 0.4) is 0 Å². The molecule has 1 aromatic carbocycles. The van der Waals surface area contributed by atoms with Gasteiger partial charge in [0.05, 0.1) is 70.8 Å². The maximum absolute atomic E-state index is 14.7. The number of nitrogen functional groups attached to an aromatic ring is 1. The third-order valence-electron chi connectivity index (χ3n) is 18.7. The number of hydrogen-bond donors (Lipinski definition) is 3. The van der Waals surface area contributed by atoms with Crippen LogP contribution in [-0.4, -0.2) is 126 Å². The second kappa shape index (κ2) is 20.8. The van der Waals surface area contributed by atoms with Crippen molar-refractivity contribution in [2.75, 3.05) is 51.7 Å². The van der Waals surface area contributed by atoms with Crippen LogP contribution in [0.4, 0.5) is 5.00 Å². The van der Waals surface area contributed by atoms with Crippen LogP contribution in [0.15, 0.2) is 46.6 Å². The summed E-state index contributed by atoms with van der Waals surface area (Å²) in [4.78, 5) is 49.5. The number of nitrogens with one attached hydrogen (secondary N) is 1. The van der Waals surface area contributed by atoms with E-state index < -0.39 is 29.0 Å². The van der Waals surface area contributed by atoms with Gasteiger partial charge in [-0.3, -0.25) is 9.59 Å². The Labute approximate surface area is 480 Å². The first-order chi connectivity index (χ1) is 39.0. The van der Waals surface area contributed by atoms with Crippen LogP contribution in [0.2, 0.25) is 0 Å². The van der Waals surface area contributed by atoms with Crippen molar-refractivity contribution in [2.24, 2.45) is 16.2 Å². The predicted octanol–water partition coefficient (Wildman–Crippen LogP) is 8.65. The molecule has 426 valence electrons. The van der Waals surface area contributed by atoms with E-state index in [1.165, 1.54) is 16.2 Å². The average Bonchev–Trinajstić information content (AvgIpc) is 3.77. The van der Waals surface area contributed by atoms with E-state index in [2.05, 4.69) is 31.6 Å². The van der Waals surface area contributed by atoms with E-state index in [0.29, 0.717) is 40.4 Å². The Morgan fingerprint density at radius 1 is 1.05 bits per heavy atom. The van der Waals surface area contributed by atoms with Gasteiger partial charge in [0.2, 0.25) is 23.6 Å². The van der Waals surface area contributed by atoms with Gasteiger partial charge in [-0.25, -0.2) is 9.67 Å². The number of β-amino-alcohol motifs (C(OH)–C–C–N with tert-alkyl or cyclic N) is 1. The summed E-state index contributed by atoms with van der Waals surface area (Å²) in [5.74, 6) is 1.74. The lowest BCUT2D eigenvalue weighted by Gasteiger charge is -2.52. The van der Waals surface area contributed by atoms with Crippen LogP contribution < -0.4 is 20.5 Å². The number of amides is 2. The number of benzene rings is 1. The Balaban J connectivity index is 0.657. The first-order valence-electron chi connectivity index (χ1n) is 29.0. The molecule has 81 heavy (non-hydrogen) atoms. The quantitative estimate of drug-likeness (QED) is 0.0870. The highest BCUT2D eigenvalue weighted by Crippen LogP contribution is 2.56. The van der Waals surface area contributed by atoms with Crippen LogP contribution in [-0.2, 0) is 32.6 Å². The number of carbonyl (C=O) groups is 2. The van der Waals surface area contributed by atoms with Crippen LogP contribution >= 0.6 is 22.7 Å². The molecule has 5 atom stereocenters. The smallest absolute Gasteiger partial charge is 0.248 e. The van der Waals surface area contributed by atoms with E-state index in [0.717, 1.165) is 154 Å². The summed E-state index contributed by atoms with van der Waals surface area (Å²) in [6, 6.07) is 10.4. The van der Waals surface area contributed by atoms with Gasteiger partial charge in [-0.2, -0.15) is 15.2 Å². The number of carbonyl (C=O) groups excluding carboxylic acids is 2. The van der Waals surface area contributed by atoms with E-state index in [1.807, 2.05) is 76.7 Å². The standard InChI is InChI=1S/C60H72N12O7S2/c1-34(36-10-12-38(13-11-36)50-35(2)63-33-80-50)64-55(74)44-22-39(73)27-71(44)56(75)51(57(3,4)5)72-28-43(67-69-72)37-14-20-70(21-15-37)29-58(18-19-58)32-77-46-23-47(78-40-24-59(25-40)30-76-31-59)66-54(65-46)49-41-8-6-16-60(52(41)79-68-49)17-7-9-45-48(60)42(26-61)53(62)81-45/h10-13,23,28,33-34,37,39-40,44,51,73H,6-9,14-22,24-25,27,29-32,62H2,1-5H3,(H,64,74)/t34-,39+,44-,51+,60-/m0/s1. The Morgan fingerprint density at radius 2 is 1.80 bits per heavy atom. The van der Waals surface area contributed by atoms with Gasteiger partial charge >= 0.3 is 0 Å². The average molecular weight is 1140 g/mol.